The first-order valence-electron chi connectivity index (χ1n) is 5.95. The molecular formula is C12H23NO3. The third-order valence-corrected chi connectivity index (χ3v) is 2.76. The summed E-state index contributed by atoms with van der Waals surface area (Å²) in [5, 5.41) is 9.08. The van der Waals surface area contributed by atoms with Gasteiger partial charge in [0.25, 0.3) is 0 Å². The number of amides is 1. The molecule has 0 aliphatic carbocycles. The average molecular weight is 229 g/mol. The van der Waals surface area contributed by atoms with E-state index < -0.39 is 0 Å². The van der Waals surface area contributed by atoms with Crippen LogP contribution in [0.15, 0.2) is 0 Å². The van der Waals surface area contributed by atoms with Crippen LogP contribution in [0, 0.1) is 5.92 Å². The SMILES string of the molecule is CC(C)(C)OCC(=O)N1CCCC(CO)C1. The molecule has 1 fully saturated rings. The van der Waals surface area contributed by atoms with Crippen molar-refractivity contribution in [2.75, 3.05) is 26.3 Å². The second kappa shape index (κ2) is 5.64. The molecule has 4 nitrogen and oxygen atoms in total. The highest BCUT2D eigenvalue weighted by Gasteiger charge is 2.24. The predicted octanol–water partition coefficient (Wildman–Crippen LogP) is 1.03. The summed E-state index contributed by atoms with van der Waals surface area (Å²) in [5.74, 6) is 0.278. The van der Waals surface area contributed by atoms with Gasteiger partial charge in [-0.25, -0.2) is 0 Å². The lowest BCUT2D eigenvalue weighted by atomic mass is 9.99. The zero-order chi connectivity index (χ0) is 12.2. The van der Waals surface area contributed by atoms with E-state index in [4.69, 9.17) is 9.84 Å². The molecule has 1 aliphatic heterocycles. The lowest BCUT2D eigenvalue weighted by Gasteiger charge is -2.32. The van der Waals surface area contributed by atoms with Crippen molar-refractivity contribution in [2.45, 2.75) is 39.2 Å². The molecule has 0 spiro atoms. The highest BCUT2D eigenvalue weighted by Crippen LogP contribution is 2.16. The lowest BCUT2D eigenvalue weighted by Crippen LogP contribution is -2.43. The molecule has 0 bridgehead atoms. The molecule has 0 aromatic heterocycles. The Labute approximate surface area is 97.6 Å². The molecule has 1 rings (SSSR count). The minimum atomic E-state index is -0.276. The number of aliphatic hydroxyl groups excluding tert-OH is 1. The molecule has 0 aromatic rings. The Kier molecular flexibility index (Phi) is 4.74. The van der Waals surface area contributed by atoms with Crippen LogP contribution in [0.5, 0.6) is 0 Å². The molecule has 1 atom stereocenters. The largest absolute Gasteiger partial charge is 0.396 e. The fourth-order valence-electron chi connectivity index (χ4n) is 1.81. The molecule has 1 N–H and O–H groups in total. The third kappa shape index (κ3) is 4.49. The second-order valence-electron chi connectivity index (χ2n) is 5.43. The maximum absolute atomic E-state index is 11.8. The van der Waals surface area contributed by atoms with Crippen LogP contribution in [0.3, 0.4) is 0 Å². The Morgan fingerprint density at radius 1 is 1.50 bits per heavy atom. The molecular weight excluding hydrogens is 206 g/mol. The van der Waals surface area contributed by atoms with Gasteiger partial charge in [0.15, 0.2) is 0 Å². The van der Waals surface area contributed by atoms with E-state index in [1.807, 2.05) is 20.8 Å². The smallest absolute Gasteiger partial charge is 0.248 e. The summed E-state index contributed by atoms with van der Waals surface area (Å²) in [6.45, 7) is 7.59. The van der Waals surface area contributed by atoms with Gasteiger partial charge >= 0.3 is 0 Å². The molecule has 94 valence electrons. The fourth-order valence-corrected chi connectivity index (χ4v) is 1.81. The van der Waals surface area contributed by atoms with E-state index in [-0.39, 0.29) is 30.6 Å². The minimum Gasteiger partial charge on any atom is -0.396 e. The first-order valence-corrected chi connectivity index (χ1v) is 5.95. The van der Waals surface area contributed by atoms with Crippen molar-refractivity contribution in [3.63, 3.8) is 0 Å². The van der Waals surface area contributed by atoms with Crippen LogP contribution in [-0.4, -0.2) is 47.8 Å². The Morgan fingerprint density at radius 2 is 2.19 bits per heavy atom. The second-order valence-corrected chi connectivity index (χ2v) is 5.43. The van der Waals surface area contributed by atoms with Gasteiger partial charge in [-0.2, -0.15) is 0 Å². The van der Waals surface area contributed by atoms with Gasteiger partial charge in [-0.05, 0) is 39.5 Å². The summed E-state index contributed by atoms with van der Waals surface area (Å²) in [6.07, 6.45) is 1.99. The molecule has 1 amide bonds. The first kappa shape index (κ1) is 13.5. The topological polar surface area (TPSA) is 49.8 Å². The molecule has 1 heterocycles. The number of likely N-dealkylation sites (tertiary alicyclic amines) is 1. The van der Waals surface area contributed by atoms with Gasteiger partial charge in [0, 0.05) is 19.7 Å². The zero-order valence-electron chi connectivity index (χ0n) is 10.5. The molecule has 1 aliphatic rings. The van der Waals surface area contributed by atoms with Crippen molar-refractivity contribution in [3.8, 4) is 0 Å². The molecule has 0 saturated carbocycles. The number of hydrogen-bond acceptors (Lipinski definition) is 3. The normalized spacial score (nSPS) is 22.2. The van der Waals surface area contributed by atoms with E-state index in [9.17, 15) is 4.79 Å². The Balaban J connectivity index is 2.36. The van der Waals surface area contributed by atoms with Crippen LogP contribution in [0.2, 0.25) is 0 Å². The summed E-state index contributed by atoms with van der Waals surface area (Å²) in [5.41, 5.74) is -0.276. The monoisotopic (exact) mass is 229 g/mol. The van der Waals surface area contributed by atoms with Gasteiger partial charge in [0.05, 0.1) is 5.60 Å². The molecule has 1 unspecified atom stereocenters. The average Bonchev–Trinajstić information content (AvgIpc) is 2.25. The van der Waals surface area contributed by atoms with Crippen molar-refractivity contribution in [2.24, 2.45) is 5.92 Å². The van der Waals surface area contributed by atoms with Crippen LogP contribution in [0.4, 0.5) is 0 Å². The Morgan fingerprint density at radius 3 is 2.75 bits per heavy atom. The summed E-state index contributed by atoms with van der Waals surface area (Å²) >= 11 is 0. The maximum Gasteiger partial charge on any atom is 0.248 e. The molecule has 0 aromatic carbocycles. The van der Waals surface area contributed by atoms with Crippen molar-refractivity contribution < 1.29 is 14.6 Å². The number of carbonyl (C=O) groups excluding carboxylic acids is 1. The summed E-state index contributed by atoms with van der Waals surface area (Å²) in [6, 6.07) is 0. The Hall–Kier alpha value is -0.610. The summed E-state index contributed by atoms with van der Waals surface area (Å²) in [4.78, 5) is 13.6. The highest BCUT2D eigenvalue weighted by molar-refractivity contribution is 5.77. The van der Waals surface area contributed by atoms with Crippen LogP contribution in [0.25, 0.3) is 0 Å². The number of hydrogen-bond donors (Lipinski definition) is 1. The number of nitrogens with zero attached hydrogens (tertiary/aromatic N) is 1. The lowest BCUT2D eigenvalue weighted by molar-refractivity contribution is -0.143. The summed E-state index contributed by atoms with van der Waals surface area (Å²) in [7, 11) is 0. The van der Waals surface area contributed by atoms with Gasteiger partial charge in [-0.15, -0.1) is 0 Å². The number of piperidine rings is 1. The van der Waals surface area contributed by atoms with Crippen LogP contribution in [0.1, 0.15) is 33.6 Å². The number of rotatable bonds is 3. The van der Waals surface area contributed by atoms with Gasteiger partial charge < -0.3 is 14.7 Å². The molecule has 4 heteroatoms. The zero-order valence-corrected chi connectivity index (χ0v) is 10.5. The first-order chi connectivity index (χ1) is 7.42. The van der Waals surface area contributed by atoms with Crippen LogP contribution in [-0.2, 0) is 9.53 Å². The van der Waals surface area contributed by atoms with Crippen molar-refractivity contribution in [1.82, 2.24) is 4.90 Å². The minimum absolute atomic E-state index is 0.0353. The van der Waals surface area contributed by atoms with Crippen LogP contribution < -0.4 is 0 Å². The number of aliphatic hydroxyl groups is 1. The number of carbonyl (C=O) groups is 1. The van der Waals surface area contributed by atoms with Crippen molar-refractivity contribution in [1.29, 1.82) is 0 Å². The quantitative estimate of drug-likeness (QED) is 0.786. The van der Waals surface area contributed by atoms with E-state index in [0.717, 1.165) is 19.4 Å². The van der Waals surface area contributed by atoms with Gasteiger partial charge in [0.1, 0.15) is 6.61 Å². The molecule has 1 saturated heterocycles. The highest BCUT2D eigenvalue weighted by atomic mass is 16.5. The van der Waals surface area contributed by atoms with E-state index in [2.05, 4.69) is 0 Å². The standard InChI is InChI=1S/C12H23NO3/c1-12(2,3)16-9-11(15)13-6-4-5-10(7-13)8-14/h10,14H,4-9H2,1-3H3. The van der Waals surface area contributed by atoms with E-state index in [1.165, 1.54) is 0 Å². The summed E-state index contributed by atoms with van der Waals surface area (Å²) < 4.78 is 5.46. The predicted molar refractivity (Wildman–Crippen MR) is 62.1 cm³/mol. The third-order valence-electron chi connectivity index (χ3n) is 2.76. The molecule has 0 radical (unpaired) electrons. The Bertz CT molecular complexity index is 235. The van der Waals surface area contributed by atoms with Gasteiger partial charge in [-0.3, -0.25) is 4.79 Å². The van der Waals surface area contributed by atoms with E-state index >= 15 is 0 Å². The van der Waals surface area contributed by atoms with E-state index in [0.29, 0.717) is 6.54 Å². The van der Waals surface area contributed by atoms with Gasteiger partial charge in [-0.1, -0.05) is 0 Å². The maximum atomic E-state index is 11.8. The van der Waals surface area contributed by atoms with Crippen molar-refractivity contribution >= 4 is 5.91 Å². The van der Waals surface area contributed by atoms with Crippen molar-refractivity contribution in [3.05, 3.63) is 0 Å². The van der Waals surface area contributed by atoms with Gasteiger partial charge in [0.2, 0.25) is 5.91 Å². The van der Waals surface area contributed by atoms with E-state index in [1.54, 1.807) is 4.90 Å². The van der Waals surface area contributed by atoms with Crippen LogP contribution >= 0.6 is 0 Å². The number of ether oxygens (including phenoxy) is 1. The molecule has 16 heavy (non-hydrogen) atoms. The fraction of sp³-hybridized carbons (Fsp3) is 0.917.